The highest BCUT2D eigenvalue weighted by Gasteiger charge is 2.13. The van der Waals surface area contributed by atoms with Gasteiger partial charge in [-0.1, -0.05) is 12.1 Å². The van der Waals surface area contributed by atoms with Gasteiger partial charge < -0.3 is 10.1 Å². The maximum Gasteiger partial charge on any atom is 0.269 e. The van der Waals surface area contributed by atoms with Gasteiger partial charge in [-0.15, -0.1) is 0 Å². The minimum Gasteiger partial charge on any atom is -0.487 e. The Bertz CT molecular complexity index is 653. The summed E-state index contributed by atoms with van der Waals surface area (Å²) < 4.78 is 5.86. The van der Waals surface area contributed by atoms with Gasteiger partial charge in [-0.3, -0.25) is 10.1 Å². The van der Waals surface area contributed by atoms with Gasteiger partial charge >= 0.3 is 0 Å². The Morgan fingerprint density at radius 2 is 2.00 bits per heavy atom. The second-order valence-corrected chi connectivity index (χ2v) is 5.03. The topological polar surface area (TPSA) is 64.4 Å². The molecule has 0 amide bonds. The molecule has 1 heterocycles. The van der Waals surface area contributed by atoms with Crippen LogP contribution in [0, 0.1) is 10.1 Å². The maximum absolute atomic E-state index is 10.6. The predicted octanol–water partition coefficient (Wildman–Crippen LogP) is 3.53. The smallest absolute Gasteiger partial charge is 0.269 e. The largest absolute Gasteiger partial charge is 0.487 e. The summed E-state index contributed by atoms with van der Waals surface area (Å²) in [5.41, 5.74) is 3.36. The van der Waals surface area contributed by atoms with Crippen LogP contribution in [0.1, 0.15) is 17.5 Å². The highest BCUT2D eigenvalue weighted by Crippen LogP contribution is 2.32. The molecule has 0 fully saturated rings. The second-order valence-electron chi connectivity index (χ2n) is 5.03. The van der Waals surface area contributed by atoms with Crippen LogP contribution in [-0.2, 0) is 13.0 Å². The molecule has 0 atom stereocenters. The third-order valence-corrected chi connectivity index (χ3v) is 3.58. The highest BCUT2D eigenvalue weighted by molar-refractivity contribution is 5.63. The van der Waals surface area contributed by atoms with Gasteiger partial charge in [0.25, 0.3) is 5.69 Å². The normalized spacial score (nSPS) is 13.1. The van der Waals surface area contributed by atoms with E-state index >= 15 is 0 Å². The molecule has 2 aromatic carbocycles. The van der Waals surface area contributed by atoms with Crippen molar-refractivity contribution in [2.75, 3.05) is 11.9 Å². The van der Waals surface area contributed by atoms with Crippen molar-refractivity contribution in [1.82, 2.24) is 0 Å². The Hall–Kier alpha value is -2.56. The molecule has 0 radical (unpaired) electrons. The monoisotopic (exact) mass is 284 g/mol. The summed E-state index contributed by atoms with van der Waals surface area (Å²) in [4.78, 5) is 10.2. The third kappa shape index (κ3) is 2.97. The van der Waals surface area contributed by atoms with Gasteiger partial charge in [0.1, 0.15) is 12.4 Å². The van der Waals surface area contributed by atoms with E-state index in [1.807, 2.05) is 12.1 Å². The fraction of sp³-hybridized carbons (Fsp3) is 0.250. The lowest BCUT2D eigenvalue weighted by molar-refractivity contribution is -0.384. The van der Waals surface area contributed by atoms with E-state index in [9.17, 15) is 10.1 Å². The number of hydrogen-bond acceptors (Lipinski definition) is 4. The first-order valence-electron chi connectivity index (χ1n) is 6.96. The summed E-state index contributed by atoms with van der Waals surface area (Å²) in [7, 11) is 0. The molecule has 1 aliphatic heterocycles. The number of aryl methyl sites for hydroxylation is 1. The maximum atomic E-state index is 10.6. The average Bonchev–Trinajstić information content (AvgIpc) is 2.53. The first kappa shape index (κ1) is 13.4. The zero-order valence-corrected chi connectivity index (χ0v) is 11.5. The number of para-hydroxylation sites is 1. The fourth-order valence-electron chi connectivity index (χ4n) is 2.47. The van der Waals surface area contributed by atoms with Crippen molar-refractivity contribution in [3.8, 4) is 5.75 Å². The number of nitrogens with zero attached hydrogens (tertiary/aromatic N) is 1. The minimum absolute atomic E-state index is 0.0949. The Morgan fingerprint density at radius 1 is 1.19 bits per heavy atom. The molecule has 2 aromatic rings. The average molecular weight is 284 g/mol. The second kappa shape index (κ2) is 5.83. The summed E-state index contributed by atoms with van der Waals surface area (Å²) in [5.74, 6) is 0.838. The predicted molar refractivity (Wildman–Crippen MR) is 80.7 cm³/mol. The zero-order valence-electron chi connectivity index (χ0n) is 11.5. The standard InChI is InChI=1S/C16H16N2O3/c19-18(20)14-8-6-12(7-9-14)11-21-15-5-1-3-13-4-2-10-17-16(13)15/h1,3,5-9,17H,2,4,10-11H2. The van der Waals surface area contributed by atoms with E-state index in [-0.39, 0.29) is 5.69 Å². The zero-order chi connectivity index (χ0) is 14.7. The summed E-state index contributed by atoms with van der Waals surface area (Å²) in [6.45, 7) is 1.36. The minimum atomic E-state index is -0.401. The quantitative estimate of drug-likeness (QED) is 0.689. The van der Waals surface area contributed by atoms with Gasteiger partial charge in [-0.25, -0.2) is 0 Å². The number of non-ortho nitro benzene ring substituents is 1. The number of nitro benzene ring substituents is 1. The number of ether oxygens (including phenoxy) is 1. The van der Waals surface area contributed by atoms with E-state index in [1.54, 1.807) is 12.1 Å². The molecule has 0 unspecified atom stereocenters. The number of nitrogens with one attached hydrogen (secondary N) is 1. The Morgan fingerprint density at radius 3 is 2.76 bits per heavy atom. The molecule has 5 heteroatoms. The molecular formula is C16H16N2O3. The molecule has 0 aromatic heterocycles. The van der Waals surface area contributed by atoms with Crippen LogP contribution in [0.25, 0.3) is 0 Å². The molecule has 0 saturated carbocycles. The van der Waals surface area contributed by atoms with E-state index in [2.05, 4.69) is 11.4 Å². The number of hydrogen-bond donors (Lipinski definition) is 1. The van der Waals surface area contributed by atoms with Crippen molar-refractivity contribution in [3.05, 3.63) is 63.7 Å². The van der Waals surface area contributed by atoms with Crippen LogP contribution in [0.2, 0.25) is 0 Å². The van der Waals surface area contributed by atoms with Gasteiger partial charge in [0.2, 0.25) is 0 Å². The fourth-order valence-corrected chi connectivity index (χ4v) is 2.47. The third-order valence-electron chi connectivity index (χ3n) is 3.58. The molecule has 0 bridgehead atoms. The SMILES string of the molecule is O=[N+]([O-])c1ccc(COc2cccc3c2NCCC3)cc1. The van der Waals surface area contributed by atoms with Crippen molar-refractivity contribution in [3.63, 3.8) is 0 Å². The highest BCUT2D eigenvalue weighted by atomic mass is 16.6. The molecule has 108 valence electrons. The number of rotatable bonds is 4. The van der Waals surface area contributed by atoms with E-state index < -0.39 is 4.92 Å². The van der Waals surface area contributed by atoms with Gasteiger partial charge in [0.15, 0.2) is 0 Å². The van der Waals surface area contributed by atoms with Crippen molar-refractivity contribution in [2.45, 2.75) is 19.4 Å². The van der Waals surface area contributed by atoms with Crippen molar-refractivity contribution in [1.29, 1.82) is 0 Å². The summed E-state index contributed by atoms with van der Waals surface area (Å²) in [5, 5.41) is 14.0. The van der Waals surface area contributed by atoms with Crippen LogP contribution in [0.3, 0.4) is 0 Å². The molecule has 1 N–H and O–H groups in total. The number of fused-ring (bicyclic) bond motifs is 1. The van der Waals surface area contributed by atoms with Crippen LogP contribution >= 0.6 is 0 Å². The lowest BCUT2D eigenvalue weighted by Gasteiger charge is -2.21. The van der Waals surface area contributed by atoms with Gasteiger partial charge in [-0.05, 0) is 42.2 Å². The van der Waals surface area contributed by atoms with Gasteiger partial charge in [-0.2, -0.15) is 0 Å². The first-order chi connectivity index (χ1) is 10.2. The lowest BCUT2D eigenvalue weighted by atomic mass is 10.0. The molecule has 5 nitrogen and oxygen atoms in total. The van der Waals surface area contributed by atoms with E-state index in [4.69, 9.17) is 4.74 Å². The molecular weight excluding hydrogens is 268 g/mol. The van der Waals surface area contributed by atoms with Crippen LogP contribution in [0.4, 0.5) is 11.4 Å². The Labute approximate surface area is 122 Å². The number of benzene rings is 2. The molecule has 0 aliphatic carbocycles. The van der Waals surface area contributed by atoms with Crippen LogP contribution in [0.5, 0.6) is 5.75 Å². The van der Waals surface area contributed by atoms with E-state index in [1.165, 1.54) is 17.7 Å². The summed E-state index contributed by atoms with van der Waals surface area (Å²) in [6, 6.07) is 12.5. The van der Waals surface area contributed by atoms with Crippen molar-refractivity contribution in [2.24, 2.45) is 0 Å². The number of nitro groups is 1. The van der Waals surface area contributed by atoms with Gasteiger partial charge in [0, 0.05) is 18.7 Å². The van der Waals surface area contributed by atoms with Crippen LogP contribution in [-0.4, -0.2) is 11.5 Å². The molecule has 1 aliphatic rings. The molecule has 0 saturated heterocycles. The molecule has 0 spiro atoms. The van der Waals surface area contributed by atoms with Crippen LogP contribution < -0.4 is 10.1 Å². The van der Waals surface area contributed by atoms with Crippen molar-refractivity contribution >= 4 is 11.4 Å². The first-order valence-corrected chi connectivity index (χ1v) is 6.96. The Kier molecular flexibility index (Phi) is 3.73. The van der Waals surface area contributed by atoms with E-state index in [0.717, 1.165) is 36.4 Å². The molecule has 21 heavy (non-hydrogen) atoms. The van der Waals surface area contributed by atoms with Crippen LogP contribution in [0.15, 0.2) is 42.5 Å². The number of anilines is 1. The Balaban J connectivity index is 1.71. The summed E-state index contributed by atoms with van der Waals surface area (Å²) in [6.07, 6.45) is 2.20. The lowest BCUT2D eigenvalue weighted by Crippen LogP contribution is -2.13. The van der Waals surface area contributed by atoms with Crippen molar-refractivity contribution < 1.29 is 9.66 Å². The van der Waals surface area contributed by atoms with Gasteiger partial charge in [0.05, 0.1) is 10.6 Å². The molecule has 3 rings (SSSR count). The summed E-state index contributed by atoms with van der Waals surface area (Å²) >= 11 is 0. The van der Waals surface area contributed by atoms with E-state index in [0.29, 0.717) is 6.61 Å².